The van der Waals surface area contributed by atoms with Crippen molar-refractivity contribution < 1.29 is 0 Å². The smallest absolute Gasteiger partial charge is 0.0244 e. The number of rotatable bonds is 5. The molecule has 2 fully saturated rings. The molecule has 1 saturated heterocycles. The van der Waals surface area contributed by atoms with Gasteiger partial charge in [-0.05, 0) is 30.7 Å². The van der Waals surface area contributed by atoms with Gasteiger partial charge in [-0.1, -0.05) is 59.8 Å². The van der Waals surface area contributed by atoms with Gasteiger partial charge in [0.05, 0.1) is 0 Å². The van der Waals surface area contributed by atoms with Gasteiger partial charge in [-0.15, -0.1) is 0 Å². The molecule has 118 valence electrons. The number of nitrogens with one attached hydrogen (secondary N) is 1. The molecule has 1 N–H and O–H groups in total. The fraction of sp³-hybridized carbons (Fsp3) is 1.00. The standard InChI is InChI=1S/C18H36N2/c1-14(2)17-13-20(18(12-19-17)15(3)4)11-10-16-8-6-5-7-9-16/h14-19H,5-13H2,1-4H3. The summed E-state index contributed by atoms with van der Waals surface area (Å²) in [6.45, 7) is 13.3. The van der Waals surface area contributed by atoms with Gasteiger partial charge in [-0.3, -0.25) is 4.90 Å². The second kappa shape index (κ2) is 7.79. The Bertz CT molecular complexity index is 269. The normalized spacial score (nSPS) is 30.3. The SMILES string of the molecule is CC(C)C1CN(CCC2CCCCC2)C(C(C)C)CN1. The van der Waals surface area contributed by atoms with Crippen molar-refractivity contribution in [3.8, 4) is 0 Å². The third kappa shape index (κ3) is 4.46. The summed E-state index contributed by atoms with van der Waals surface area (Å²) in [7, 11) is 0. The first-order chi connectivity index (χ1) is 9.58. The van der Waals surface area contributed by atoms with Gasteiger partial charge < -0.3 is 5.32 Å². The minimum Gasteiger partial charge on any atom is -0.311 e. The lowest BCUT2D eigenvalue weighted by Gasteiger charge is -2.44. The van der Waals surface area contributed by atoms with E-state index in [0.717, 1.165) is 23.8 Å². The molecule has 0 aromatic rings. The zero-order chi connectivity index (χ0) is 14.5. The average Bonchev–Trinajstić information content (AvgIpc) is 2.45. The van der Waals surface area contributed by atoms with Gasteiger partial charge in [0.2, 0.25) is 0 Å². The number of piperazine rings is 1. The molecule has 0 aromatic heterocycles. The second-order valence-electron chi connectivity index (χ2n) is 7.86. The fourth-order valence-corrected chi connectivity index (χ4v) is 4.04. The van der Waals surface area contributed by atoms with Gasteiger partial charge >= 0.3 is 0 Å². The Hall–Kier alpha value is -0.0800. The summed E-state index contributed by atoms with van der Waals surface area (Å²) in [6.07, 6.45) is 8.86. The van der Waals surface area contributed by atoms with Gasteiger partial charge in [0.25, 0.3) is 0 Å². The highest BCUT2D eigenvalue weighted by molar-refractivity contribution is 4.89. The van der Waals surface area contributed by atoms with Crippen LogP contribution in [0.1, 0.15) is 66.2 Å². The minimum atomic E-state index is 0.691. The molecule has 1 aliphatic heterocycles. The van der Waals surface area contributed by atoms with Crippen LogP contribution in [0.15, 0.2) is 0 Å². The van der Waals surface area contributed by atoms with Crippen LogP contribution in [0, 0.1) is 17.8 Å². The Morgan fingerprint density at radius 2 is 1.70 bits per heavy atom. The molecule has 2 aliphatic rings. The Morgan fingerprint density at radius 1 is 1.00 bits per heavy atom. The maximum Gasteiger partial charge on any atom is 0.0244 e. The summed E-state index contributed by atoms with van der Waals surface area (Å²) in [5.41, 5.74) is 0. The quantitative estimate of drug-likeness (QED) is 0.821. The van der Waals surface area contributed by atoms with Crippen LogP contribution in [0.5, 0.6) is 0 Å². The zero-order valence-corrected chi connectivity index (χ0v) is 14.2. The highest BCUT2D eigenvalue weighted by Gasteiger charge is 2.31. The lowest BCUT2D eigenvalue weighted by atomic mass is 9.86. The van der Waals surface area contributed by atoms with E-state index < -0.39 is 0 Å². The van der Waals surface area contributed by atoms with E-state index in [1.165, 1.54) is 58.2 Å². The van der Waals surface area contributed by atoms with E-state index in [1.54, 1.807) is 0 Å². The van der Waals surface area contributed by atoms with Gasteiger partial charge in [0.1, 0.15) is 0 Å². The fourth-order valence-electron chi connectivity index (χ4n) is 4.04. The van der Waals surface area contributed by atoms with E-state index in [1.807, 2.05) is 0 Å². The number of hydrogen-bond acceptors (Lipinski definition) is 2. The molecular formula is C18H36N2. The molecular weight excluding hydrogens is 244 g/mol. The van der Waals surface area contributed by atoms with E-state index in [-0.39, 0.29) is 0 Å². The second-order valence-corrected chi connectivity index (χ2v) is 7.86. The maximum atomic E-state index is 3.78. The molecule has 2 nitrogen and oxygen atoms in total. The molecule has 1 aliphatic carbocycles. The number of hydrogen-bond donors (Lipinski definition) is 1. The minimum absolute atomic E-state index is 0.691. The topological polar surface area (TPSA) is 15.3 Å². The van der Waals surface area contributed by atoms with E-state index in [4.69, 9.17) is 0 Å². The van der Waals surface area contributed by atoms with Crippen molar-refractivity contribution in [3.63, 3.8) is 0 Å². The largest absolute Gasteiger partial charge is 0.311 e. The Morgan fingerprint density at radius 3 is 2.30 bits per heavy atom. The molecule has 0 aromatic carbocycles. The summed E-state index contributed by atoms with van der Waals surface area (Å²) in [6, 6.07) is 1.44. The summed E-state index contributed by atoms with van der Waals surface area (Å²) in [5.74, 6) is 2.53. The molecule has 0 amide bonds. The van der Waals surface area contributed by atoms with Gasteiger partial charge in [-0.25, -0.2) is 0 Å². The van der Waals surface area contributed by atoms with Crippen molar-refractivity contribution >= 4 is 0 Å². The van der Waals surface area contributed by atoms with E-state index in [9.17, 15) is 0 Å². The third-order valence-electron chi connectivity index (χ3n) is 5.61. The first-order valence-electron chi connectivity index (χ1n) is 9.05. The number of nitrogens with zero attached hydrogens (tertiary/aromatic N) is 1. The van der Waals surface area contributed by atoms with Crippen molar-refractivity contribution in [1.82, 2.24) is 10.2 Å². The average molecular weight is 280 g/mol. The zero-order valence-electron chi connectivity index (χ0n) is 14.2. The molecule has 2 atom stereocenters. The molecule has 20 heavy (non-hydrogen) atoms. The molecule has 2 heteroatoms. The molecule has 0 spiro atoms. The molecule has 1 heterocycles. The van der Waals surface area contributed by atoms with Crippen LogP contribution in [0.2, 0.25) is 0 Å². The van der Waals surface area contributed by atoms with E-state index in [0.29, 0.717) is 6.04 Å². The summed E-state index contributed by atoms with van der Waals surface area (Å²) in [4.78, 5) is 2.81. The lowest BCUT2D eigenvalue weighted by Crippen LogP contribution is -2.59. The first-order valence-corrected chi connectivity index (χ1v) is 9.05. The van der Waals surface area contributed by atoms with E-state index in [2.05, 4.69) is 37.9 Å². The monoisotopic (exact) mass is 280 g/mol. The van der Waals surface area contributed by atoms with Crippen LogP contribution in [0.25, 0.3) is 0 Å². The van der Waals surface area contributed by atoms with Crippen LogP contribution >= 0.6 is 0 Å². The Balaban J connectivity index is 1.85. The van der Waals surface area contributed by atoms with Gasteiger partial charge in [0.15, 0.2) is 0 Å². The molecule has 0 radical (unpaired) electrons. The van der Waals surface area contributed by atoms with Crippen LogP contribution in [-0.4, -0.2) is 36.6 Å². The summed E-state index contributed by atoms with van der Waals surface area (Å²) in [5, 5.41) is 3.78. The van der Waals surface area contributed by atoms with Crippen molar-refractivity contribution in [2.24, 2.45) is 17.8 Å². The van der Waals surface area contributed by atoms with Crippen molar-refractivity contribution in [1.29, 1.82) is 0 Å². The van der Waals surface area contributed by atoms with Crippen LogP contribution in [-0.2, 0) is 0 Å². The van der Waals surface area contributed by atoms with Crippen molar-refractivity contribution in [2.45, 2.75) is 78.3 Å². The Kier molecular flexibility index (Phi) is 6.35. The van der Waals surface area contributed by atoms with Crippen molar-refractivity contribution in [2.75, 3.05) is 19.6 Å². The molecule has 1 saturated carbocycles. The highest BCUT2D eigenvalue weighted by atomic mass is 15.2. The molecule has 2 unspecified atom stereocenters. The lowest BCUT2D eigenvalue weighted by molar-refractivity contribution is 0.0772. The van der Waals surface area contributed by atoms with Crippen molar-refractivity contribution in [3.05, 3.63) is 0 Å². The Labute approximate surface area is 126 Å². The van der Waals surface area contributed by atoms with Gasteiger partial charge in [0, 0.05) is 25.2 Å². The molecule has 0 bridgehead atoms. The summed E-state index contributed by atoms with van der Waals surface area (Å²) >= 11 is 0. The van der Waals surface area contributed by atoms with E-state index >= 15 is 0 Å². The summed E-state index contributed by atoms with van der Waals surface area (Å²) < 4.78 is 0. The maximum absolute atomic E-state index is 3.78. The first kappa shape index (κ1) is 16.3. The highest BCUT2D eigenvalue weighted by Crippen LogP contribution is 2.27. The van der Waals surface area contributed by atoms with Gasteiger partial charge in [-0.2, -0.15) is 0 Å². The predicted octanol–water partition coefficient (Wildman–Crippen LogP) is 3.91. The van der Waals surface area contributed by atoms with Crippen LogP contribution < -0.4 is 5.32 Å². The van der Waals surface area contributed by atoms with Crippen LogP contribution in [0.3, 0.4) is 0 Å². The predicted molar refractivity (Wildman–Crippen MR) is 88.0 cm³/mol. The molecule has 2 rings (SSSR count). The van der Waals surface area contributed by atoms with Crippen LogP contribution in [0.4, 0.5) is 0 Å². The third-order valence-corrected chi connectivity index (χ3v) is 5.61.